The molecule has 0 spiro atoms. The van der Waals surface area contributed by atoms with Crippen LogP contribution >= 0.6 is 0 Å². The van der Waals surface area contributed by atoms with Crippen molar-refractivity contribution in [3.63, 3.8) is 0 Å². The van der Waals surface area contributed by atoms with E-state index in [1.54, 1.807) is 12.4 Å². The van der Waals surface area contributed by atoms with Crippen LogP contribution in [0.4, 0.5) is 0 Å². The molecule has 36 heavy (non-hydrogen) atoms. The van der Waals surface area contributed by atoms with Crippen molar-refractivity contribution < 1.29 is 14.3 Å². The van der Waals surface area contributed by atoms with Crippen molar-refractivity contribution in [2.75, 3.05) is 6.61 Å². The third-order valence-electron chi connectivity index (χ3n) is 6.27. The van der Waals surface area contributed by atoms with Gasteiger partial charge in [-0.2, -0.15) is 0 Å². The monoisotopic (exact) mass is 488 g/mol. The van der Waals surface area contributed by atoms with Crippen LogP contribution in [0.15, 0.2) is 60.9 Å². The van der Waals surface area contributed by atoms with Crippen molar-refractivity contribution in [3.8, 4) is 22.5 Å². The molecule has 0 saturated carbocycles. The zero-order valence-electron chi connectivity index (χ0n) is 22.0. The number of aryl methyl sites for hydroxylation is 1. The SMILES string of the molecule is CCCCCCc1cccc(-c2ccccc2)c1-c1ncc(C(=O)O[C@H](CC)OCCCCC)cn1. The summed E-state index contributed by atoms with van der Waals surface area (Å²) in [4.78, 5) is 22.0. The smallest absolute Gasteiger partial charge is 0.343 e. The number of nitrogens with zero attached hydrogens (tertiary/aromatic N) is 2. The Labute approximate surface area is 216 Å². The summed E-state index contributed by atoms with van der Waals surface area (Å²) in [6.07, 6.45) is 12.1. The maximum Gasteiger partial charge on any atom is 0.343 e. The van der Waals surface area contributed by atoms with Gasteiger partial charge in [-0.1, -0.05) is 101 Å². The first-order chi connectivity index (χ1) is 17.7. The normalized spacial score (nSPS) is 11.9. The van der Waals surface area contributed by atoms with Crippen molar-refractivity contribution in [2.45, 2.75) is 84.8 Å². The number of hydrogen-bond acceptors (Lipinski definition) is 5. The van der Waals surface area contributed by atoms with Gasteiger partial charge in [-0.15, -0.1) is 0 Å². The molecule has 0 fully saturated rings. The molecule has 3 rings (SSSR count). The van der Waals surface area contributed by atoms with Crippen LogP contribution in [0.1, 0.15) is 88.1 Å². The number of carbonyl (C=O) groups is 1. The lowest BCUT2D eigenvalue weighted by Gasteiger charge is -2.17. The molecule has 0 aliphatic heterocycles. The molecule has 0 amide bonds. The van der Waals surface area contributed by atoms with Gasteiger partial charge in [0.2, 0.25) is 6.29 Å². The minimum absolute atomic E-state index is 0.330. The maximum absolute atomic E-state index is 12.7. The van der Waals surface area contributed by atoms with E-state index in [0.29, 0.717) is 24.4 Å². The van der Waals surface area contributed by atoms with Gasteiger partial charge < -0.3 is 9.47 Å². The molecule has 1 aromatic heterocycles. The summed E-state index contributed by atoms with van der Waals surface area (Å²) < 4.78 is 11.3. The summed E-state index contributed by atoms with van der Waals surface area (Å²) in [6, 6.07) is 16.7. The number of ether oxygens (including phenoxy) is 2. The minimum atomic E-state index is -0.553. The highest BCUT2D eigenvalue weighted by Crippen LogP contribution is 2.34. The van der Waals surface area contributed by atoms with Gasteiger partial charge in [0.25, 0.3) is 0 Å². The van der Waals surface area contributed by atoms with Crippen molar-refractivity contribution in [1.29, 1.82) is 0 Å². The summed E-state index contributed by atoms with van der Waals surface area (Å²) in [5.41, 5.74) is 4.82. The first-order valence-corrected chi connectivity index (χ1v) is 13.5. The van der Waals surface area contributed by atoms with E-state index in [0.717, 1.165) is 48.8 Å². The summed E-state index contributed by atoms with van der Waals surface area (Å²) in [5, 5.41) is 0. The Kier molecular flexibility index (Phi) is 11.6. The van der Waals surface area contributed by atoms with Gasteiger partial charge in [0.1, 0.15) is 0 Å². The van der Waals surface area contributed by atoms with E-state index in [1.807, 2.05) is 25.1 Å². The Bertz CT molecular complexity index is 1050. The van der Waals surface area contributed by atoms with E-state index in [4.69, 9.17) is 9.47 Å². The van der Waals surface area contributed by atoms with Gasteiger partial charge >= 0.3 is 5.97 Å². The Morgan fingerprint density at radius 1 is 0.833 bits per heavy atom. The molecule has 0 saturated heterocycles. The second-order valence-electron chi connectivity index (χ2n) is 9.13. The van der Waals surface area contributed by atoms with Crippen LogP contribution in [0, 0.1) is 0 Å². The van der Waals surface area contributed by atoms with Crippen molar-refractivity contribution in [1.82, 2.24) is 9.97 Å². The molecule has 0 unspecified atom stereocenters. The lowest BCUT2D eigenvalue weighted by Crippen LogP contribution is -2.21. The molecular weight excluding hydrogens is 448 g/mol. The quantitative estimate of drug-likeness (QED) is 0.123. The summed E-state index contributed by atoms with van der Waals surface area (Å²) in [7, 11) is 0. The van der Waals surface area contributed by atoms with E-state index in [1.165, 1.54) is 24.8 Å². The molecule has 1 heterocycles. The van der Waals surface area contributed by atoms with Crippen molar-refractivity contribution in [3.05, 3.63) is 72.1 Å². The van der Waals surface area contributed by atoms with Crippen molar-refractivity contribution in [2.24, 2.45) is 0 Å². The topological polar surface area (TPSA) is 61.3 Å². The van der Waals surface area contributed by atoms with E-state index >= 15 is 0 Å². The molecule has 3 aromatic rings. The molecule has 0 bridgehead atoms. The molecule has 5 heteroatoms. The molecule has 192 valence electrons. The number of carbonyl (C=O) groups excluding carboxylic acids is 1. The first-order valence-electron chi connectivity index (χ1n) is 13.5. The highest BCUT2D eigenvalue weighted by molar-refractivity contribution is 5.89. The van der Waals surface area contributed by atoms with Gasteiger partial charge in [-0.05, 0) is 36.0 Å². The standard InChI is InChI=1S/C31H40N2O3/c1-4-7-9-11-18-25-19-15-20-27(24-16-12-10-13-17-24)29(25)30-32-22-26(23-33-30)31(34)36-28(6-3)35-21-14-8-5-2/h10,12-13,15-17,19-20,22-23,28H,4-9,11,14,18,21H2,1-3H3/t28-/m1/s1. The summed E-state index contributed by atoms with van der Waals surface area (Å²) in [6.45, 7) is 6.91. The van der Waals surface area contributed by atoms with Crippen LogP contribution in [0.5, 0.6) is 0 Å². The number of hydrogen-bond donors (Lipinski definition) is 0. The summed E-state index contributed by atoms with van der Waals surface area (Å²) >= 11 is 0. The fraction of sp³-hybridized carbons (Fsp3) is 0.452. The fourth-order valence-electron chi connectivity index (χ4n) is 4.23. The highest BCUT2D eigenvalue weighted by Gasteiger charge is 2.18. The third-order valence-corrected chi connectivity index (χ3v) is 6.27. The minimum Gasteiger partial charge on any atom is -0.432 e. The number of benzene rings is 2. The zero-order valence-corrected chi connectivity index (χ0v) is 22.0. The zero-order chi connectivity index (χ0) is 25.6. The van der Waals surface area contributed by atoms with Crippen LogP contribution in [0.3, 0.4) is 0 Å². The molecule has 1 atom stereocenters. The van der Waals surface area contributed by atoms with Gasteiger partial charge in [0.15, 0.2) is 5.82 Å². The molecule has 0 aliphatic rings. The van der Waals surface area contributed by atoms with Crippen molar-refractivity contribution >= 4 is 5.97 Å². The Morgan fingerprint density at radius 2 is 1.56 bits per heavy atom. The average Bonchev–Trinajstić information content (AvgIpc) is 2.93. The van der Waals surface area contributed by atoms with Gasteiger partial charge in [0, 0.05) is 24.4 Å². The maximum atomic E-state index is 12.7. The third kappa shape index (κ3) is 7.99. The molecule has 5 nitrogen and oxygen atoms in total. The largest absolute Gasteiger partial charge is 0.432 e. The lowest BCUT2D eigenvalue weighted by atomic mass is 9.92. The highest BCUT2D eigenvalue weighted by atomic mass is 16.7. The Hall–Kier alpha value is -3.05. The number of unbranched alkanes of at least 4 members (excludes halogenated alkanes) is 5. The van der Waals surface area contributed by atoms with E-state index in [9.17, 15) is 4.79 Å². The van der Waals surface area contributed by atoms with Gasteiger partial charge in [0.05, 0.1) is 12.2 Å². The van der Waals surface area contributed by atoms with Crippen LogP contribution in [0.25, 0.3) is 22.5 Å². The fourth-order valence-corrected chi connectivity index (χ4v) is 4.23. The predicted molar refractivity (Wildman–Crippen MR) is 146 cm³/mol. The second-order valence-corrected chi connectivity index (χ2v) is 9.13. The van der Waals surface area contributed by atoms with Gasteiger partial charge in [-0.3, -0.25) is 0 Å². The molecule has 0 N–H and O–H groups in total. The molecule has 0 radical (unpaired) electrons. The summed E-state index contributed by atoms with van der Waals surface area (Å²) in [5.74, 6) is 0.166. The predicted octanol–water partition coefficient (Wildman–Crippen LogP) is 8.03. The number of esters is 1. The number of aromatic nitrogens is 2. The van der Waals surface area contributed by atoms with Crippen LogP contribution in [-0.4, -0.2) is 28.8 Å². The van der Waals surface area contributed by atoms with Gasteiger partial charge in [-0.25, -0.2) is 14.8 Å². The molecular formula is C31H40N2O3. The van der Waals surface area contributed by atoms with E-state index in [-0.39, 0.29) is 0 Å². The molecule has 2 aromatic carbocycles. The first kappa shape index (κ1) is 27.5. The van der Waals surface area contributed by atoms with Crippen LogP contribution < -0.4 is 0 Å². The molecule has 0 aliphatic carbocycles. The Morgan fingerprint density at radius 3 is 2.25 bits per heavy atom. The Balaban J connectivity index is 1.81. The lowest BCUT2D eigenvalue weighted by molar-refractivity contribution is -0.111. The second kappa shape index (κ2) is 15.1. The van der Waals surface area contributed by atoms with Crippen LogP contribution in [-0.2, 0) is 15.9 Å². The number of rotatable bonds is 15. The van der Waals surface area contributed by atoms with E-state index in [2.05, 4.69) is 54.1 Å². The van der Waals surface area contributed by atoms with Crippen LogP contribution in [0.2, 0.25) is 0 Å². The van der Waals surface area contributed by atoms with E-state index < -0.39 is 12.3 Å². The average molecular weight is 489 g/mol.